The van der Waals surface area contributed by atoms with Crippen molar-refractivity contribution in [2.45, 2.75) is 32.0 Å². The maximum Gasteiger partial charge on any atom is 0.140 e. The largest absolute Gasteiger partial charge is 0.508 e. The molecular formula is C14H18N2O2. The molecule has 4 nitrogen and oxygen atoms in total. The van der Waals surface area contributed by atoms with E-state index in [9.17, 15) is 5.11 Å². The summed E-state index contributed by atoms with van der Waals surface area (Å²) in [6.07, 6.45) is 1.73. The van der Waals surface area contributed by atoms with Crippen LogP contribution in [0.3, 0.4) is 0 Å². The van der Waals surface area contributed by atoms with Crippen LogP contribution in [-0.2, 0) is 11.2 Å². The van der Waals surface area contributed by atoms with Gasteiger partial charge in [0.1, 0.15) is 17.7 Å². The predicted octanol–water partition coefficient (Wildman–Crippen LogP) is 1.79. The van der Waals surface area contributed by atoms with Crippen molar-refractivity contribution in [2.75, 3.05) is 13.1 Å². The lowest BCUT2D eigenvalue weighted by Crippen LogP contribution is -2.35. The predicted molar refractivity (Wildman–Crippen MR) is 70.0 cm³/mol. The van der Waals surface area contributed by atoms with Crippen molar-refractivity contribution in [3.8, 4) is 5.75 Å². The Balaban J connectivity index is 2.02. The molecule has 0 bridgehead atoms. The topological polar surface area (TPSA) is 53.9 Å². The van der Waals surface area contributed by atoms with Crippen LogP contribution in [-0.4, -0.2) is 30.1 Å². The van der Waals surface area contributed by atoms with Crippen molar-refractivity contribution in [1.29, 1.82) is 0 Å². The maximum absolute atomic E-state index is 10.0. The molecule has 0 radical (unpaired) electrons. The molecule has 0 fully saturated rings. The summed E-state index contributed by atoms with van der Waals surface area (Å²) < 4.78 is 6.10. The first-order valence-corrected chi connectivity index (χ1v) is 6.54. The number of nitrogens with one attached hydrogen (secondary N) is 1. The zero-order valence-corrected chi connectivity index (χ0v) is 10.5. The number of hydrogen-bond acceptors (Lipinski definition) is 4. The molecule has 2 atom stereocenters. The minimum atomic E-state index is -0.145. The highest BCUT2D eigenvalue weighted by Gasteiger charge is 2.32. The normalized spacial score (nSPS) is 26.4. The van der Waals surface area contributed by atoms with E-state index in [0.717, 1.165) is 42.9 Å². The first kappa shape index (κ1) is 11.5. The fraction of sp³-hybridized carbons (Fsp3) is 0.500. The molecule has 2 heterocycles. The van der Waals surface area contributed by atoms with Crippen molar-refractivity contribution in [1.82, 2.24) is 5.32 Å². The molecule has 18 heavy (non-hydrogen) atoms. The Labute approximate surface area is 107 Å². The molecule has 0 aliphatic carbocycles. The smallest absolute Gasteiger partial charge is 0.140 e. The summed E-state index contributed by atoms with van der Waals surface area (Å²) in [6.45, 7) is 3.79. The van der Waals surface area contributed by atoms with Crippen molar-refractivity contribution >= 4 is 5.84 Å². The molecule has 2 aliphatic rings. The van der Waals surface area contributed by atoms with Gasteiger partial charge in [0.25, 0.3) is 0 Å². The summed E-state index contributed by atoms with van der Waals surface area (Å²) in [7, 11) is 0. The van der Waals surface area contributed by atoms with Crippen LogP contribution in [0.2, 0.25) is 0 Å². The summed E-state index contributed by atoms with van der Waals surface area (Å²) in [5, 5.41) is 13.3. The Hall–Kier alpha value is -1.55. The molecule has 2 N–H and O–H groups in total. The van der Waals surface area contributed by atoms with Gasteiger partial charge in [-0.25, -0.2) is 0 Å². The van der Waals surface area contributed by atoms with Crippen LogP contribution in [0.4, 0.5) is 0 Å². The summed E-state index contributed by atoms with van der Waals surface area (Å²) in [6, 6.07) is 5.64. The molecule has 3 rings (SSSR count). The van der Waals surface area contributed by atoms with Crippen molar-refractivity contribution in [3.05, 3.63) is 29.3 Å². The van der Waals surface area contributed by atoms with Crippen LogP contribution in [0.15, 0.2) is 23.2 Å². The molecule has 0 amide bonds. The van der Waals surface area contributed by atoms with E-state index in [-0.39, 0.29) is 12.2 Å². The average Bonchev–Trinajstić information content (AvgIpc) is 2.92. The molecule has 2 unspecified atom stereocenters. The third-order valence-electron chi connectivity index (χ3n) is 3.63. The lowest BCUT2D eigenvalue weighted by atomic mass is 9.92. The zero-order chi connectivity index (χ0) is 12.5. The quantitative estimate of drug-likeness (QED) is 0.836. The second-order valence-electron chi connectivity index (χ2n) is 4.79. The Kier molecular flexibility index (Phi) is 2.96. The summed E-state index contributed by atoms with van der Waals surface area (Å²) in [4.78, 5) is 4.46. The van der Waals surface area contributed by atoms with E-state index in [1.807, 2.05) is 12.1 Å². The van der Waals surface area contributed by atoms with Crippen molar-refractivity contribution < 1.29 is 9.84 Å². The fourth-order valence-electron chi connectivity index (χ4n) is 2.65. The minimum absolute atomic E-state index is 0.145. The number of aromatic hydroxyl groups is 1. The number of amidine groups is 1. The molecule has 0 spiro atoms. The number of benzene rings is 1. The summed E-state index contributed by atoms with van der Waals surface area (Å²) in [5.41, 5.74) is 2.06. The van der Waals surface area contributed by atoms with Crippen molar-refractivity contribution in [2.24, 2.45) is 4.99 Å². The highest BCUT2D eigenvalue weighted by atomic mass is 16.5. The SMILES string of the molecule is CCC1Cc2c(O)cccc2C(C2=NCCN2)O1. The number of nitrogens with zero attached hydrogens (tertiary/aromatic N) is 1. The number of phenolic OH excluding ortho intramolecular Hbond substituents is 1. The number of aliphatic imine (C=N–C) groups is 1. The third-order valence-corrected chi connectivity index (χ3v) is 3.63. The number of ether oxygens (including phenoxy) is 1. The highest BCUT2D eigenvalue weighted by molar-refractivity contribution is 5.89. The van der Waals surface area contributed by atoms with Crippen LogP contribution in [0.25, 0.3) is 0 Å². The lowest BCUT2D eigenvalue weighted by Gasteiger charge is -2.32. The average molecular weight is 246 g/mol. The van der Waals surface area contributed by atoms with Crippen LogP contribution >= 0.6 is 0 Å². The van der Waals surface area contributed by atoms with Crippen LogP contribution in [0.1, 0.15) is 30.6 Å². The minimum Gasteiger partial charge on any atom is -0.508 e. The van der Waals surface area contributed by atoms with Gasteiger partial charge in [0.2, 0.25) is 0 Å². The van der Waals surface area contributed by atoms with Crippen LogP contribution in [0.5, 0.6) is 5.75 Å². The molecule has 0 saturated heterocycles. The van der Waals surface area contributed by atoms with Gasteiger partial charge in [-0.05, 0) is 18.1 Å². The van der Waals surface area contributed by atoms with Crippen LogP contribution in [0, 0.1) is 0 Å². The highest BCUT2D eigenvalue weighted by Crippen LogP contribution is 2.36. The molecule has 0 saturated carbocycles. The van der Waals surface area contributed by atoms with Gasteiger partial charge >= 0.3 is 0 Å². The van der Waals surface area contributed by atoms with Gasteiger partial charge in [0.05, 0.1) is 12.6 Å². The molecule has 1 aromatic carbocycles. The van der Waals surface area contributed by atoms with E-state index in [0.29, 0.717) is 5.75 Å². The van der Waals surface area contributed by atoms with Crippen molar-refractivity contribution in [3.63, 3.8) is 0 Å². The van der Waals surface area contributed by atoms with E-state index in [4.69, 9.17) is 4.74 Å². The van der Waals surface area contributed by atoms with E-state index >= 15 is 0 Å². The molecule has 2 aliphatic heterocycles. The number of fused-ring (bicyclic) bond motifs is 1. The molecule has 4 heteroatoms. The molecule has 1 aromatic rings. The Morgan fingerprint density at radius 2 is 2.39 bits per heavy atom. The number of hydrogen-bond donors (Lipinski definition) is 2. The van der Waals surface area contributed by atoms with E-state index in [1.165, 1.54) is 0 Å². The Bertz CT molecular complexity index is 485. The van der Waals surface area contributed by atoms with Gasteiger partial charge in [-0.15, -0.1) is 0 Å². The summed E-state index contributed by atoms with van der Waals surface area (Å²) in [5.74, 6) is 1.28. The van der Waals surface area contributed by atoms with Gasteiger partial charge in [0, 0.05) is 18.5 Å². The van der Waals surface area contributed by atoms with Crippen LogP contribution < -0.4 is 5.32 Å². The van der Waals surface area contributed by atoms with E-state index in [2.05, 4.69) is 17.2 Å². The van der Waals surface area contributed by atoms with E-state index in [1.54, 1.807) is 6.07 Å². The lowest BCUT2D eigenvalue weighted by molar-refractivity contribution is 0.00658. The fourth-order valence-corrected chi connectivity index (χ4v) is 2.65. The first-order valence-electron chi connectivity index (χ1n) is 6.54. The second-order valence-corrected chi connectivity index (χ2v) is 4.79. The summed E-state index contributed by atoms with van der Waals surface area (Å²) >= 11 is 0. The Morgan fingerprint density at radius 3 is 3.11 bits per heavy atom. The second kappa shape index (κ2) is 4.61. The molecule has 96 valence electrons. The third kappa shape index (κ3) is 1.86. The standard InChI is InChI=1S/C14H18N2O2/c1-2-9-8-11-10(4-3-5-12(11)17)13(18-9)14-15-6-7-16-14/h3-5,9,13,17H,2,6-8H2,1H3,(H,15,16). The van der Waals surface area contributed by atoms with Gasteiger partial charge in [0.15, 0.2) is 0 Å². The van der Waals surface area contributed by atoms with Gasteiger partial charge < -0.3 is 15.2 Å². The van der Waals surface area contributed by atoms with Gasteiger partial charge in [-0.2, -0.15) is 0 Å². The van der Waals surface area contributed by atoms with Gasteiger partial charge in [-0.1, -0.05) is 19.1 Å². The maximum atomic E-state index is 10.0. The van der Waals surface area contributed by atoms with E-state index < -0.39 is 0 Å². The zero-order valence-electron chi connectivity index (χ0n) is 10.5. The Morgan fingerprint density at radius 1 is 1.50 bits per heavy atom. The van der Waals surface area contributed by atoms with Gasteiger partial charge in [-0.3, -0.25) is 4.99 Å². The molecular weight excluding hydrogens is 228 g/mol. The molecule has 0 aromatic heterocycles. The number of rotatable bonds is 2. The first-order chi connectivity index (χ1) is 8.79. The monoisotopic (exact) mass is 246 g/mol. The number of phenols is 1.